The maximum absolute atomic E-state index is 12.8. The van der Waals surface area contributed by atoms with Crippen molar-refractivity contribution >= 4 is 28.7 Å². The Kier molecular flexibility index (Phi) is 6.80. The minimum absolute atomic E-state index is 0.0872. The number of aromatic nitrogens is 2. The van der Waals surface area contributed by atoms with Gasteiger partial charge in [-0.3, -0.25) is 9.69 Å². The van der Waals surface area contributed by atoms with E-state index >= 15 is 0 Å². The van der Waals surface area contributed by atoms with Gasteiger partial charge in [0.05, 0.1) is 18.1 Å². The zero-order chi connectivity index (χ0) is 24.5. The number of hydrogen-bond acceptors (Lipinski definition) is 5. The van der Waals surface area contributed by atoms with Crippen LogP contribution >= 0.6 is 0 Å². The van der Waals surface area contributed by atoms with Gasteiger partial charge in [-0.25, -0.2) is 11.4 Å². The summed E-state index contributed by atoms with van der Waals surface area (Å²) in [6, 6.07) is 6.37. The molecule has 1 aliphatic carbocycles. The number of amides is 2. The lowest BCUT2D eigenvalue weighted by Gasteiger charge is -2.45. The van der Waals surface area contributed by atoms with E-state index in [1.807, 2.05) is 45.9 Å². The van der Waals surface area contributed by atoms with Crippen LogP contribution in [0.2, 0.25) is 0 Å². The summed E-state index contributed by atoms with van der Waals surface area (Å²) in [6.07, 6.45) is 4.12. The highest BCUT2D eigenvalue weighted by atomic mass is 16.2. The molecule has 4 rings (SSSR count). The first-order valence-corrected chi connectivity index (χ1v) is 12.1. The minimum atomic E-state index is -0.388. The van der Waals surface area contributed by atoms with Crippen LogP contribution in [0.3, 0.4) is 0 Å². The highest BCUT2D eigenvalue weighted by Gasteiger charge is 2.36. The predicted octanol–water partition coefficient (Wildman–Crippen LogP) is 3.14. The fourth-order valence-electron chi connectivity index (χ4n) is 4.79. The molecule has 1 aliphatic heterocycles. The SMILES string of the molecule is [C-]#[N+][C@H]1CC[C@@H](N2CC(NC(=O)CNc3nn(C(=O)NC(C)(C)C)c4ccc(C)cc34)C2)CC1. The molecule has 9 heteroatoms. The molecule has 0 unspecified atom stereocenters. The van der Waals surface area contributed by atoms with Crippen LogP contribution in [0.1, 0.15) is 52.0 Å². The molecule has 9 nitrogen and oxygen atoms in total. The molecule has 2 amide bonds. The van der Waals surface area contributed by atoms with Crippen molar-refractivity contribution in [2.24, 2.45) is 0 Å². The van der Waals surface area contributed by atoms with Crippen molar-refractivity contribution < 1.29 is 9.59 Å². The summed E-state index contributed by atoms with van der Waals surface area (Å²) >= 11 is 0. The zero-order valence-corrected chi connectivity index (χ0v) is 20.5. The van der Waals surface area contributed by atoms with Gasteiger partial charge in [-0.15, -0.1) is 5.10 Å². The van der Waals surface area contributed by atoms with Gasteiger partial charge in [0.1, 0.15) is 0 Å². The number of anilines is 1. The monoisotopic (exact) mass is 465 g/mol. The van der Waals surface area contributed by atoms with Gasteiger partial charge in [0, 0.05) is 42.9 Å². The summed E-state index contributed by atoms with van der Waals surface area (Å²) in [5, 5.41) is 14.4. The van der Waals surface area contributed by atoms with Gasteiger partial charge in [-0.1, -0.05) is 11.6 Å². The highest BCUT2D eigenvalue weighted by Crippen LogP contribution is 2.28. The number of carbonyl (C=O) groups excluding carboxylic acids is 2. The minimum Gasteiger partial charge on any atom is -0.359 e. The van der Waals surface area contributed by atoms with Crippen LogP contribution in [0.15, 0.2) is 18.2 Å². The summed E-state index contributed by atoms with van der Waals surface area (Å²) in [5.41, 5.74) is 1.36. The molecule has 1 aromatic carbocycles. The second-order valence-corrected chi connectivity index (χ2v) is 10.6. The van der Waals surface area contributed by atoms with Crippen LogP contribution in [-0.4, -0.2) is 69.9 Å². The van der Waals surface area contributed by atoms with Gasteiger partial charge >= 0.3 is 6.03 Å². The van der Waals surface area contributed by atoms with E-state index in [9.17, 15) is 9.59 Å². The van der Waals surface area contributed by atoms with Crippen LogP contribution in [0.4, 0.5) is 10.6 Å². The summed E-state index contributed by atoms with van der Waals surface area (Å²) < 4.78 is 1.35. The maximum Gasteiger partial charge on any atom is 0.343 e. The Morgan fingerprint density at radius 1 is 1.18 bits per heavy atom. The number of aryl methyl sites for hydroxylation is 1. The molecule has 0 spiro atoms. The first kappa shape index (κ1) is 24.0. The Morgan fingerprint density at radius 3 is 2.53 bits per heavy atom. The van der Waals surface area contributed by atoms with Crippen LogP contribution in [0.25, 0.3) is 15.7 Å². The highest BCUT2D eigenvalue weighted by molar-refractivity contribution is 5.98. The molecule has 1 saturated carbocycles. The van der Waals surface area contributed by atoms with E-state index in [0.29, 0.717) is 17.4 Å². The molecule has 182 valence electrons. The van der Waals surface area contributed by atoms with Crippen LogP contribution in [-0.2, 0) is 4.79 Å². The first-order chi connectivity index (χ1) is 16.1. The number of likely N-dealkylation sites (tertiary alicyclic amines) is 1. The standard InChI is InChI=1S/C25H35N7O2/c1-16-6-11-21-20(12-16)23(30-32(21)24(34)29-25(2,3)4)27-13-22(33)28-18-14-31(15-18)19-9-7-17(26-5)8-10-19/h6,11-12,17-19H,7-10,13-15H2,1-4H3,(H,27,30)(H,28,33)(H,29,34)/t17-,19+. The number of carbonyl (C=O) groups is 2. The normalized spacial score (nSPS) is 21.5. The lowest BCUT2D eigenvalue weighted by Crippen LogP contribution is -2.63. The Labute approximate surface area is 201 Å². The van der Waals surface area contributed by atoms with Gasteiger partial charge < -0.3 is 20.8 Å². The van der Waals surface area contributed by atoms with E-state index in [0.717, 1.165) is 49.7 Å². The van der Waals surface area contributed by atoms with Gasteiger partial charge in [0.25, 0.3) is 0 Å². The molecule has 2 heterocycles. The lowest BCUT2D eigenvalue weighted by atomic mass is 9.88. The van der Waals surface area contributed by atoms with Crippen molar-refractivity contribution in [3.63, 3.8) is 0 Å². The summed E-state index contributed by atoms with van der Waals surface area (Å²) in [5.74, 6) is 0.431. The van der Waals surface area contributed by atoms with Crippen molar-refractivity contribution in [3.05, 3.63) is 35.2 Å². The van der Waals surface area contributed by atoms with Gasteiger partial charge in [0.15, 0.2) is 5.82 Å². The van der Waals surface area contributed by atoms with Crippen LogP contribution in [0.5, 0.6) is 0 Å². The van der Waals surface area contributed by atoms with Gasteiger partial charge in [0.2, 0.25) is 11.9 Å². The topological polar surface area (TPSA) is 95.7 Å². The average molecular weight is 466 g/mol. The molecular weight excluding hydrogens is 430 g/mol. The number of nitrogens with zero attached hydrogens (tertiary/aromatic N) is 4. The van der Waals surface area contributed by atoms with Gasteiger partial charge in [-0.05, 0) is 52.7 Å². The van der Waals surface area contributed by atoms with Crippen molar-refractivity contribution in [3.8, 4) is 0 Å². The molecule has 2 fully saturated rings. The fourth-order valence-corrected chi connectivity index (χ4v) is 4.79. The quantitative estimate of drug-likeness (QED) is 0.590. The molecular formula is C25H35N7O2. The third-order valence-corrected chi connectivity index (χ3v) is 6.57. The Morgan fingerprint density at radius 2 is 1.88 bits per heavy atom. The smallest absolute Gasteiger partial charge is 0.343 e. The van der Waals surface area contributed by atoms with E-state index in [2.05, 4.69) is 30.8 Å². The Hall–Kier alpha value is -3.12. The van der Waals surface area contributed by atoms with Crippen molar-refractivity contribution in [2.75, 3.05) is 25.0 Å². The third kappa shape index (κ3) is 5.50. The third-order valence-electron chi connectivity index (χ3n) is 6.57. The maximum atomic E-state index is 12.8. The van der Waals surface area contributed by atoms with E-state index in [1.165, 1.54) is 4.68 Å². The molecule has 3 N–H and O–H groups in total. The summed E-state index contributed by atoms with van der Waals surface area (Å²) in [7, 11) is 0. The van der Waals surface area contributed by atoms with E-state index in [-0.39, 0.29) is 36.1 Å². The van der Waals surface area contributed by atoms with Crippen molar-refractivity contribution in [2.45, 2.75) is 77.0 Å². The molecule has 1 saturated heterocycles. The molecule has 2 aromatic rings. The molecule has 34 heavy (non-hydrogen) atoms. The number of rotatable bonds is 5. The Bertz CT molecular complexity index is 1100. The number of benzene rings is 1. The second kappa shape index (κ2) is 9.63. The molecule has 0 atom stereocenters. The van der Waals surface area contributed by atoms with E-state index in [1.54, 1.807) is 0 Å². The first-order valence-electron chi connectivity index (χ1n) is 12.1. The van der Waals surface area contributed by atoms with Gasteiger partial charge in [-0.2, -0.15) is 4.68 Å². The summed E-state index contributed by atoms with van der Waals surface area (Å²) in [6.45, 7) is 16.8. The van der Waals surface area contributed by atoms with Crippen molar-refractivity contribution in [1.82, 2.24) is 25.3 Å². The predicted molar refractivity (Wildman–Crippen MR) is 133 cm³/mol. The number of nitrogens with one attached hydrogen (secondary N) is 3. The summed E-state index contributed by atoms with van der Waals surface area (Å²) in [4.78, 5) is 31.4. The molecule has 2 aliphatic rings. The number of hydrogen-bond donors (Lipinski definition) is 3. The molecule has 1 aromatic heterocycles. The second-order valence-electron chi connectivity index (χ2n) is 10.6. The van der Waals surface area contributed by atoms with E-state index in [4.69, 9.17) is 6.57 Å². The Balaban J connectivity index is 1.32. The number of fused-ring (bicyclic) bond motifs is 1. The van der Waals surface area contributed by atoms with Crippen LogP contribution in [0, 0.1) is 13.5 Å². The lowest BCUT2D eigenvalue weighted by molar-refractivity contribution is -0.121. The van der Waals surface area contributed by atoms with Crippen LogP contribution < -0.4 is 16.0 Å². The zero-order valence-electron chi connectivity index (χ0n) is 20.5. The average Bonchev–Trinajstić information content (AvgIpc) is 3.11. The molecule has 0 radical (unpaired) electrons. The largest absolute Gasteiger partial charge is 0.359 e. The van der Waals surface area contributed by atoms with Crippen molar-refractivity contribution in [1.29, 1.82) is 0 Å². The molecule has 0 bridgehead atoms. The van der Waals surface area contributed by atoms with E-state index < -0.39 is 0 Å². The fraction of sp³-hybridized carbons (Fsp3) is 0.600.